The van der Waals surface area contributed by atoms with Crippen molar-refractivity contribution in [2.24, 2.45) is 0 Å². The smallest absolute Gasteiger partial charge is 0.347 e. The summed E-state index contributed by atoms with van der Waals surface area (Å²) in [6.45, 7) is 4.78. The molecule has 0 spiro atoms. The van der Waals surface area contributed by atoms with Crippen LogP contribution in [0.15, 0.2) is 48.5 Å². The van der Waals surface area contributed by atoms with Gasteiger partial charge >= 0.3 is 18.0 Å². The minimum Gasteiger partial charge on any atom is -0.467 e. The highest BCUT2D eigenvalue weighted by Gasteiger charge is 2.58. The molecule has 1 aliphatic heterocycles. The zero-order valence-corrected chi connectivity index (χ0v) is 20.0. The molecule has 9 nitrogen and oxygen atoms in total. The predicted molar refractivity (Wildman–Crippen MR) is 125 cm³/mol. The minimum absolute atomic E-state index is 0.333. The van der Waals surface area contributed by atoms with E-state index in [2.05, 4.69) is 5.32 Å². The summed E-state index contributed by atoms with van der Waals surface area (Å²) < 4.78 is 4.82. The molecule has 0 bridgehead atoms. The summed E-state index contributed by atoms with van der Waals surface area (Å²) in [6.07, 6.45) is -1.23. The number of carbonyl (C=O) groups is 3. The van der Waals surface area contributed by atoms with Gasteiger partial charge in [0.15, 0.2) is 6.17 Å². The lowest BCUT2D eigenvalue weighted by molar-refractivity contribution is -0.148. The van der Waals surface area contributed by atoms with Gasteiger partial charge in [0.25, 0.3) is 0 Å². The van der Waals surface area contributed by atoms with Gasteiger partial charge in [-0.05, 0) is 57.2 Å². The molecule has 0 aromatic heterocycles. The first-order valence-electron chi connectivity index (χ1n) is 9.99. The van der Waals surface area contributed by atoms with Gasteiger partial charge in [0.05, 0.1) is 12.6 Å². The number of esters is 1. The summed E-state index contributed by atoms with van der Waals surface area (Å²) >= 11 is 12.1. The fourth-order valence-corrected chi connectivity index (χ4v) is 4.37. The highest BCUT2D eigenvalue weighted by molar-refractivity contribution is 6.31. The maximum Gasteiger partial charge on any atom is 0.347 e. The summed E-state index contributed by atoms with van der Waals surface area (Å²) in [6, 6.07) is 10.3. The van der Waals surface area contributed by atoms with Crippen LogP contribution in [-0.4, -0.2) is 58.1 Å². The van der Waals surface area contributed by atoms with E-state index < -0.39 is 35.8 Å². The Balaban J connectivity index is 2.04. The number of nitrogens with zero attached hydrogens (tertiary/aromatic N) is 3. The summed E-state index contributed by atoms with van der Waals surface area (Å²) in [5.41, 5.74) is -0.546. The first kappa shape index (κ1) is 24.6. The van der Waals surface area contributed by atoms with E-state index in [-0.39, 0.29) is 0 Å². The topological polar surface area (TPSA) is 102 Å². The highest BCUT2D eigenvalue weighted by Crippen LogP contribution is 2.40. The molecule has 1 fully saturated rings. The zero-order chi connectivity index (χ0) is 24.5. The van der Waals surface area contributed by atoms with Gasteiger partial charge in [0.2, 0.25) is 0 Å². The molecule has 33 heavy (non-hydrogen) atoms. The Kier molecular flexibility index (Phi) is 7.06. The van der Waals surface area contributed by atoms with Crippen LogP contribution < -0.4 is 10.2 Å². The highest BCUT2D eigenvalue weighted by atomic mass is 35.5. The summed E-state index contributed by atoms with van der Waals surface area (Å²) in [5.74, 6) is -0.643. The second kappa shape index (κ2) is 9.46. The lowest BCUT2D eigenvalue weighted by atomic mass is 9.98. The molecule has 0 aliphatic carbocycles. The van der Waals surface area contributed by atoms with Crippen molar-refractivity contribution in [3.05, 3.63) is 58.6 Å². The van der Waals surface area contributed by atoms with E-state index in [1.54, 1.807) is 50.2 Å². The number of carbonyl (C=O) groups excluding carboxylic acids is 3. The van der Waals surface area contributed by atoms with Gasteiger partial charge in [-0.25, -0.2) is 14.4 Å². The predicted octanol–water partition coefficient (Wildman–Crippen LogP) is 4.82. The molecule has 2 aromatic carbocycles. The van der Waals surface area contributed by atoms with Crippen molar-refractivity contribution in [1.82, 2.24) is 9.96 Å². The van der Waals surface area contributed by atoms with E-state index in [1.165, 1.54) is 36.0 Å². The third-order valence-electron chi connectivity index (χ3n) is 5.44. The molecule has 2 N–H and O–H groups in total. The van der Waals surface area contributed by atoms with Gasteiger partial charge in [-0.1, -0.05) is 35.3 Å². The quantitative estimate of drug-likeness (QED) is 0.352. The van der Waals surface area contributed by atoms with E-state index >= 15 is 0 Å². The molecule has 0 unspecified atom stereocenters. The molecule has 1 aliphatic rings. The van der Waals surface area contributed by atoms with Crippen LogP contribution in [0.3, 0.4) is 0 Å². The van der Waals surface area contributed by atoms with Gasteiger partial charge < -0.3 is 15.0 Å². The maximum absolute atomic E-state index is 13.5. The van der Waals surface area contributed by atoms with Crippen molar-refractivity contribution in [1.29, 1.82) is 0 Å². The van der Waals surface area contributed by atoms with Crippen LogP contribution in [0.5, 0.6) is 0 Å². The molecule has 1 saturated heterocycles. The molecule has 3 rings (SSSR count). The van der Waals surface area contributed by atoms with E-state index in [0.717, 1.165) is 0 Å². The molecule has 1 heterocycles. The number of hydrogen-bond donors (Lipinski definition) is 2. The lowest BCUT2D eigenvalue weighted by Gasteiger charge is -2.39. The van der Waals surface area contributed by atoms with Gasteiger partial charge in [0.1, 0.15) is 6.04 Å². The molecular formula is C22H24Cl2N4O5. The number of hydroxylamine groups is 2. The Morgan fingerprint density at radius 1 is 1.15 bits per heavy atom. The van der Waals surface area contributed by atoms with Gasteiger partial charge in [-0.3, -0.25) is 10.1 Å². The van der Waals surface area contributed by atoms with E-state index in [4.69, 9.17) is 27.9 Å². The zero-order valence-electron chi connectivity index (χ0n) is 18.5. The number of hydrogen-bond acceptors (Lipinski definition) is 5. The Hall–Kier alpha value is -3.01. The summed E-state index contributed by atoms with van der Waals surface area (Å²) in [4.78, 5) is 41.3. The molecule has 0 radical (unpaired) electrons. The van der Waals surface area contributed by atoms with Crippen molar-refractivity contribution in [2.75, 3.05) is 17.3 Å². The van der Waals surface area contributed by atoms with Crippen LogP contribution in [0.2, 0.25) is 10.0 Å². The number of anilines is 2. The number of methoxy groups -OCH3 is 1. The van der Waals surface area contributed by atoms with Crippen molar-refractivity contribution < 1.29 is 24.3 Å². The van der Waals surface area contributed by atoms with Crippen molar-refractivity contribution in [2.45, 2.75) is 38.5 Å². The van der Waals surface area contributed by atoms with Crippen molar-refractivity contribution >= 4 is 52.6 Å². The molecule has 2 aromatic rings. The first-order valence-corrected chi connectivity index (χ1v) is 10.7. The fraction of sp³-hybridized carbons (Fsp3) is 0.318. The Morgan fingerprint density at radius 2 is 1.76 bits per heavy atom. The monoisotopic (exact) mass is 494 g/mol. The summed E-state index contributed by atoms with van der Waals surface area (Å²) in [7, 11) is 1.22. The third-order valence-corrected chi connectivity index (χ3v) is 5.91. The van der Waals surface area contributed by atoms with Crippen LogP contribution in [-0.2, 0) is 9.53 Å². The summed E-state index contributed by atoms with van der Waals surface area (Å²) in [5, 5.41) is 14.7. The van der Waals surface area contributed by atoms with Gasteiger partial charge in [0, 0.05) is 21.4 Å². The maximum atomic E-state index is 13.5. The molecule has 4 amide bonds. The van der Waals surface area contributed by atoms with Gasteiger partial charge in [-0.15, -0.1) is 0 Å². The number of halogens is 2. The Labute approximate surface area is 201 Å². The number of rotatable bonds is 5. The van der Waals surface area contributed by atoms with Crippen LogP contribution in [0, 0.1) is 0 Å². The van der Waals surface area contributed by atoms with Crippen LogP contribution in [0.1, 0.15) is 20.8 Å². The molecule has 0 saturated carbocycles. The van der Waals surface area contributed by atoms with Crippen LogP contribution in [0.4, 0.5) is 21.0 Å². The van der Waals surface area contributed by atoms with Crippen molar-refractivity contribution in [3.63, 3.8) is 0 Å². The van der Waals surface area contributed by atoms with E-state index in [9.17, 15) is 19.6 Å². The van der Waals surface area contributed by atoms with E-state index in [0.29, 0.717) is 26.5 Å². The minimum atomic E-state index is -1.23. The van der Waals surface area contributed by atoms with Crippen LogP contribution >= 0.6 is 23.2 Å². The largest absolute Gasteiger partial charge is 0.467 e. The lowest BCUT2D eigenvalue weighted by Crippen LogP contribution is -2.59. The number of ether oxygens (including phenoxy) is 1. The first-order chi connectivity index (χ1) is 15.5. The van der Waals surface area contributed by atoms with Crippen LogP contribution in [0.25, 0.3) is 0 Å². The average molecular weight is 495 g/mol. The van der Waals surface area contributed by atoms with Crippen molar-refractivity contribution in [3.8, 4) is 0 Å². The molecular weight excluding hydrogens is 471 g/mol. The average Bonchev–Trinajstić information content (AvgIpc) is 2.96. The Morgan fingerprint density at radius 3 is 2.33 bits per heavy atom. The standard InChI is InChI=1S/C22H24Cl2N4O5/c1-13(18(29)33-4)27-21(31)26(17-10-6-8-15(24)12-17)19(22(27,2)3)28(32)20(30)25-16-9-5-7-14(23)11-16/h5-13,19,32H,1-4H3,(H,25,30)/t13-,19+/m1/s1. The number of nitrogens with one attached hydrogen (secondary N) is 1. The molecule has 176 valence electrons. The number of urea groups is 2. The second-order valence-corrected chi connectivity index (χ2v) is 8.89. The molecule has 11 heteroatoms. The van der Waals surface area contributed by atoms with Gasteiger partial charge in [-0.2, -0.15) is 5.06 Å². The Bertz CT molecular complexity index is 1080. The fourth-order valence-electron chi connectivity index (χ4n) is 3.99. The number of benzene rings is 2. The normalized spacial score (nSPS) is 18.2. The van der Waals surface area contributed by atoms with E-state index in [1.807, 2.05) is 0 Å². The number of amides is 4. The molecule has 2 atom stereocenters. The second-order valence-electron chi connectivity index (χ2n) is 8.01. The SMILES string of the molecule is COC(=O)[C@@H](C)N1C(=O)N(c2cccc(Cl)c2)[C@@H](N(O)C(=O)Nc2cccc(Cl)c2)C1(C)C. The third kappa shape index (κ3) is 4.71.